The van der Waals surface area contributed by atoms with Crippen molar-refractivity contribution >= 4 is 17.4 Å². The molecular formula is C20H22N2O2. The first-order valence-corrected chi connectivity index (χ1v) is 8.35. The molecule has 0 radical (unpaired) electrons. The van der Waals surface area contributed by atoms with Gasteiger partial charge in [0.05, 0.1) is 5.69 Å². The average molecular weight is 322 g/mol. The SMILES string of the molecule is CCc1cccc(-c2cnc(C(=O)C3(C)CC3)c(NC(C)=O)c2)c1. The molecule has 1 saturated carbocycles. The van der Waals surface area contributed by atoms with Crippen LogP contribution >= 0.6 is 0 Å². The van der Waals surface area contributed by atoms with Crippen molar-refractivity contribution in [2.45, 2.75) is 40.0 Å². The molecule has 0 aliphatic heterocycles. The number of benzene rings is 1. The summed E-state index contributed by atoms with van der Waals surface area (Å²) in [6, 6.07) is 10.1. The average Bonchev–Trinajstić information content (AvgIpc) is 3.32. The Kier molecular flexibility index (Phi) is 4.22. The van der Waals surface area contributed by atoms with Crippen LogP contribution < -0.4 is 5.32 Å². The van der Waals surface area contributed by atoms with Gasteiger partial charge in [-0.3, -0.25) is 14.6 Å². The van der Waals surface area contributed by atoms with E-state index in [4.69, 9.17) is 0 Å². The van der Waals surface area contributed by atoms with E-state index in [9.17, 15) is 9.59 Å². The van der Waals surface area contributed by atoms with Gasteiger partial charge < -0.3 is 5.32 Å². The van der Waals surface area contributed by atoms with Gasteiger partial charge in [-0.15, -0.1) is 0 Å². The zero-order valence-electron chi connectivity index (χ0n) is 14.3. The second kappa shape index (κ2) is 6.19. The minimum absolute atomic E-state index is 0.0140. The first-order valence-electron chi connectivity index (χ1n) is 8.35. The Bertz CT molecular complexity index is 807. The number of Topliss-reactive ketones (excluding diaryl/α,β-unsaturated/α-hetero) is 1. The number of anilines is 1. The van der Waals surface area contributed by atoms with Gasteiger partial charge in [0.2, 0.25) is 5.91 Å². The smallest absolute Gasteiger partial charge is 0.221 e. The number of carbonyl (C=O) groups is 2. The number of nitrogens with one attached hydrogen (secondary N) is 1. The Morgan fingerprint density at radius 1 is 1.21 bits per heavy atom. The van der Waals surface area contributed by atoms with Crippen molar-refractivity contribution in [3.63, 3.8) is 0 Å². The fourth-order valence-corrected chi connectivity index (χ4v) is 2.76. The van der Waals surface area contributed by atoms with E-state index in [-0.39, 0.29) is 17.1 Å². The molecule has 0 unspecified atom stereocenters. The van der Waals surface area contributed by atoms with E-state index < -0.39 is 0 Å². The monoisotopic (exact) mass is 322 g/mol. The van der Waals surface area contributed by atoms with Gasteiger partial charge in [-0.25, -0.2) is 0 Å². The molecule has 0 saturated heterocycles. The van der Waals surface area contributed by atoms with E-state index in [1.807, 2.05) is 25.1 Å². The summed E-state index contributed by atoms with van der Waals surface area (Å²) in [4.78, 5) is 28.6. The molecule has 1 aliphatic carbocycles. The highest BCUT2D eigenvalue weighted by atomic mass is 16.1. The molecule has 1 fully saturated rings. The molecule has 2 aromatic rings. The molecule has 0 atom stereocenters. The predicted molar refractivity (Wildman–Crippen MR) is 95.0 cm³/mol. The number of ketones is 1. The Hall–Kier alpha value is -2.49. The number of aryl methyl sites for hydroxylation is 1. The lowest BCUT2D eigenvalue weighted by Gasteiger charge is -2.14. The molecule has 1 amide bonds. The van der Waals surface area contributed by atoms with Crippen molar-refractivity contribution in [2.24, 2.45) is 5.41 Å². The Balaban J connectivity index is 2.03. The third-order valence-electron chi connectivity index (χ3n) is 4.63. The fraction of sp³-hybridized carbons (Fsp3) is 0.350. The van der Waals surface area contributed by atoms with Gasteiger partial charge in [0, 0.05) is 24.1 Å². The molecular weight excluding hydrogens is 300 g/mol. The highest BCUT2D eigenvalue weighted by Gasteiger charge is 2.46. The summed E-state index contributed by atoms with van der Waals surface area (Å²) in [7, 11) is 0. The third kappa shape index (κ3) is 3.23. The van der Waals surface area contributed by atoms with Crippen LogP contribution in [0.15, 0.2) is 36.5 Å². The highest BCUT2D eigenvalue weighted by Crippen LogP contribution is 2.48. The summed E-state index contributed by atoms with van der Waals surface area (Å²) in [6.07, 6.45) is 4.44. The molecule has 4 nitrogen and oxygen atoms in total. The standard InChI is InChI=1S/C20H22N2O2/c1-4-14-6-5-7-15(10-14)16-11-17(22-13(2)23)18(21-12-16)19(24)20(3)8-9-20/h5-7,10-12H,4,8-9H2,1-3H3,(H,22,23). The number of hydrogen-bond acceptors (Lipinski definition) is 3. The highest BCUT2D eigenvalue weighted by molar-refractivity contribution is 6.07. The van der Waals surface area contributed by atoms with Crippen molar-refractivity contribution in [1.29, 1.82) is 0 Å². The van der Waals surface area contributed by atoms with Crippen LogP contribution in [0.1, 0.15) is 49.7 Å². The quantitative estimate of drug-likeness (QED) is 0.837. The Labute approximate surface area is 142 Å². The lowest BCUT2D eigenvalue weighted by Crippen LogP contribution is -2.18. The van der Waals surface area contributed by atoms with Crippen LogP contribution in [0.4, 0.5) is 5.69 Å². The maximum atomic E-state index is 12.7. The van der Waals surface area contributed by atoms with Crippen LogP contribution in [0.5, 0.6) is 0 Å². The molecule has 1 aromatic heterocycles. The largest absolute Gasteiger partial charge is 0.324 e. The number of nitrogens with zero attached hydrogens (tertiary/aromatic N) is 1. The Morgan fingerprint density at radius 3 is 2.58 bits per heavy atom. The van der Waals surface area contributed by atoms with Crippen molar-refractivity contribution in [1.82, 2.24) is 4.98 Å². The van der Waals surface area contributed by atoms with Gasteiger partial charge in [-0.2, -0.15) is 0 Å². The molecule has 4 heteroatoms. The van der Waals surface area contributed by atoms with Crippen molar-refractivity contribution in [3.8, 4) is 11.1 Å². The van der Waals surface area contributed by atoms with E-state index in [0.29, 0.717) is 11.4 Å². The first kappa shape index (κ1) is 16.4. The van der Waals surface area contributed by atoms with Crippen molar-refractivity contribution in [2.75, 3.05) is 5.32 Å². The summed E-state index contributed by atoms with van der Waals surface area (Å²) in [5.74, 6) is -0.189. The normalized spacial score (nSPS) is 15.0. The fourth-order valence-electron chi connectivity index (χ4n) is 2.76. The molecule has 24 heavy (non-hydrogen) atoms. The maximum absolute atomic E-state index is 12.7. The van der Waals surface area contributed by atoms with Crippen molar-refractivity contribution < 1.29 is 9.59 Å². The lowest BCUT2D eigenvalue weighted by atomic mass is 9.97. The number of hydrogen-bond donors (Lipinski definition) is 1. The van der Waals surface area contributed by atoms with Gasteiger partial charge in [-0.05, 0) is 36.5 Å². The van der Waals surface area contributed by atoms with Crippen LogP contribution in [-0.4, -0.2) is 16.7 Å². The molecule has 124 valence electrons. The van der Waals surface area contributed by atoms with Gasteiger partial charge in [0.25, 0.3) is 0 Å². The molecule has 1 heterocycles. The summed E-state index contributed by atoms with van der Waals surface area (Å²) in [5.41, 5.74) is 3.71. The second-order valence-electron chi connectivity index (χ2n) is 6.75. The summed E-state index contributed by atoms with van der Waals surface area (Å²) in [5, 5.41) is 2.77. The summed E-state index contributed by atoms with van der Waals surface area (Å²) < 4.78 is 0. The number of aromatic nitrogens is 1. The number of pyridine rings is 1. The topological polar surface area (TPSA) is 59.1 Å². The molecule has 0 spiro atoms. The van der Waals surface area contributed by atoms with Crippen LogP contribution in [-0.2, 0) is 11.2 Å². The maximum Gasteiger partial charge on any atom is 0.221 e. The van der Waals surface area contributed by atoms with Crippen LogP contribution in [0.3, 0.4) is 0 Å². The van der Waals surface area contributed by atoms with Crippen molar-refractivity contribution in [3.05, 3.63) is 47.8 Å². The van der Waals surface area contributed by atoms with Crippen LogP contribution in [0.25, 0.3) is 11.1 Å². The predicted octanol–water partition coefficient (Wildman–Crippen LogP) is 4.25. The minimum Gasteiger partial charge on any atom is -0.324 e. The molecule has 1 aromatic carbocycles. The van der Waals surface area contributed by atoms with Crippen LogP contribution in [0.2, 0.25) is 0 Å². The van der Waals surface area contributed by atoms with E-state index in [0.717, 1.165) is 30.4 Å². The van der Waals surface area contributed by atoms with Crippen LogP contribution in [0, 0.1) is 5.41 Å². The summed E-state index contributed by atoms with van der Waals surface area (Å²) >= 11 is 0. The molecule has 1 N–H and O–H groups in total. The van der Waals surface area contributed by atoms with E-state index in [2.05, 4.69) is 29.4 Å². The number of amides is 1. The first-order chi connectivity index (χ1) is 11.4. The Morgan fingerprint density at radius 2 is 1.96 bits per heavy atom. The number of carbonyl (C=O) groups excluding carboxylic acids is 2. The van der Waals surface area contributed by atoms with Gasteiger partial charge in [0.1, 0.15) is 5.69 Å². The minimum atomic E-state index is -0.316. The van der Waals surface area contributed by atoms with E-state index in [1.54, 1.807) is 6.20 Å². The zero-order valence-corrected chi connectivity index (χ0v) is 14.3. The molecule has 0 bridgehead atoms. The molecule has 1 aliphatic rings. The third-order valence-corrected chi connectivity index (χ3v) is 4.63. The zero-order chi connectivity index (χ0) is 17.3. The lowest BCUT2D eigenvalue weighted by molar-refractivity contribution is -0.114. The van der Waals surface area contributed by atoms with Gasteiger partial charge in [0.15, 0.2) is 5.78 Å². The number of rotatable bonds is 5. The van der Waals surface area contributed by atoms with Gasteiger partial charge in [-0.1, -0.05) is 38.1 Å². The van der Waals surface area contributed by atoms with Gasteiger partial charge >= 0.3 is 0 Å². The van der Waals surface area contributed by atoms with E-state index >= 15 is 0 Å². The van der Waals surface area contributed by atoms with E-state index in [1.165, 1.54) is 12.5 Å². The second-order valence-corrected chi connectivity index (χ2v) is 6.75. The summed E-state index contributed by atoms with van der Waals surface area (Å²) in [6.45, 7) is 5.50. The molecule has 3 rings (SSSR count).